The first-order valence-corrected chi connectivity index (χ1v) is 9.37. The van der Waals surface area contributed by atoms with Crippen LogP contribution in [0.1, 0.15) is 5.56 Å². The highest BCUT2D eigenvalue weighted by molar-refractivity contribution is 7.89. The lowest BCUT2D eigenvalue weighted by molar-refractivity contribution is -0.140. The van der Waals surface area contributed by atoms with Gasteiger partial charge in [0, 0.05) is 13.1 Å². The van der Waals surface area contributed by atoms with E-state index in [9.17, 15) is 31.2 Å². The van der Waals surface area contributed by atoms with Gasteiger partial charge in [-0.25, -0.2) is 13.1 Å². The highest BCUT2D eigenvalue weighted by atomic mass is 32.2. The molecule has 1 saturated heterocycles. The normalized spacial score (nSPS) is 15.4. The minimum Gasteiger partial charge on any atom is -0.378 e. The Hall–Kier alpha value is -2.18. The molecule has 8 nitrogen and oxygen atoms in total. The number of nitrogens with one attached hydrogen (secondary N) is 2. The fourth-order valence-electron chi connectivity index (χ4n) is 2.33. The Morgan fingerprint density at radius 1 is 1.11 bits per heavy atom. The second-order valence-corrected chi connectivity index (χ2v) is 7.32. The topological polar surface area (TPSA) is 105 Å². The molecule has 150 valence electrons. The molecule has 1 heterocycles. The molecule has 2 amide bonds. The summed E-state index contributed by atoms with van der Waals surface area (Å²) in [7, 11) is -4.57. The molecule has 0 unspecified atom stereocenters. The van der Waals surface area contributed by atoms with Gasteiger partial charge in [-0.2, -0.15) is 13.2 Å². The fraction of sp³-hybridized carbons (Fsp3) is 0.467. The van der Waals surface area contributed by atoms with Gasteiger partial charge in [0.1, 0.15) is 0 Å². The third-order valence-electron chi connectivity index (χ3n) is 3.71. The van der Waals surface area contributed by atoms with Crippen molar-refractivity contribution in [2.24, 2.45) is 0 Å². The molecule has 27 heavy (non-hydrogen) atoms. The van der Waals surface area contributed by atoms with E-state index in [-0.39, 0.29) is 12.5 Å². The number of rotatable bonds is 6. The standard InChI is InChI=1S/C15H18F3N3O5S/c16-15(17,18)11-3-1-2-4-12(11)27(24,25)20-9-13(22)19-10-14(23)21-5-7-26-8-6-21/h1-4,20H,5-10H2,(H,19,22). The molecule has 1 fully saturated rings. The Labute approximate surface area is 153 Å². The molecule has 1 aromatic rings. The van der Waals surface area contributed by atoms with Gasteiger partial charge in [-0.05, 0) is 12.1 Å². The number of sulfonamides is 1. The number of hydrogen-bond acceptors (Lipinski definition) is 5. The van der Waals surface area contributed by atoms with Gasteiger partial charge in [0.25, 0.3) is 0 Å². The number of benzene rings is 1. The van der Waals surface area contributed by atoms with Gasteiger partial charge in [0.15, 0.2) is 0 Å². The van der Waals surface area contributed by atoms with E-state index in [0.717, 1.165) is 18.2 Å². The van der Waals surface area contributed by atoms with Crippen LogP contribution in [-0.2, 0) is 30.5 Å². The maximum absolute atomic E-state index is 12.9. The number of alkyl halides is 3. The van der Waals surface area contributed by atoms with Crippen LogP contribution in [0, 0.1) is 0 Å². The monoisotopic (exact) mass is 409 g/mol. The number of hydrogen-bond donors (Lipinski definition) is 2. The van der Waals surface area contributed by atoms with E-state index in [1.807, 2.05) is 0 Å². The van der Waals surface area contributed by atoms with Gasteiger partial charge in [-0.1, -0.05) is 12.1 Å². The van der Waals surface area contributed by atoms with Crippen LogP contribution in [0.5, 0.6) is 0 Å². The Morgan fingerprint density at radius 2 is 1.74 bits per heavy atom. The minimum atomic E-state index is -4.86. The molecule has 0 saturated carbocycles. The van der Waals surface area contributed by atoms with Crippen molar-refractivity contribution in [1.82, 2.24) is 14.9 Å². The summed E-state index contributed by atoms with van der Waals surface area (Å²) in [5, 5.41) is 2.23. The number of ether oxygens (including phenoxy) is 1. The van der Waals surface area contributed by atoms with Crippen LogP contribution in [-0.4, -0.2) is 64.5 Å². The van der Waals surface area contributed by atoms with Crippen molar-refractivity contribution in [3.8, 4) is 0 Å². The van der Waals surface area contributed by atoms with Crippen molar-refractivity contribution in [3.05, 3.63) is 29.8 Å². The van der Waals surface area contributed by atoms with Gasteiger partial charge in [0.05, 0.1) is 36.8 Å². The Bertz CT molecular complexity index is 792. The maximum atomic E-state index is 12.9. The van der Waals surface area contributed by atoms with Crippen molar-refractivity contribution in [3.63, 3.8) is 0 Å². The number of carbonyl (C=O) groups excluding carboxylic acids is 2. The van der Waals surface area contributed by atoms with Gasteiger partial charge in [-0.15, -0.1) is 0 Å². The number of halogens is 3. The van der Waals surface area contributed by atoms with E-state index in [1.165, 1.54) is 4.90 Å². The van der Waals surface area contributed by atoms with Crippen LogP contribution in [0.25, 0.3) is 0 Å². The molecular formula is C15H18F3N3O5S. The summed E-state index contributed by atoms with van der Waals surface area (Å²) in [5.74, 6) is -1.21. The molecule has 2 rings (SSSR count). The first-order valence-electron chi connectivity index (χ1n) is 7.89. The summed E-state index contributed by atoms with van der Waals surface area (Å²) < 4.78 is 69.9. The third kappa shape index (κ3) is 5.91. The number of amides is 2. The lowest BCUT2D eigenvalue weighted by atomic mass is 10.2. The SMILES string of the molecule is O=C(CNS(=O)(=O)c1ccccc1C(F)(F)F)NCC(=O)N1CCOCC1. The van der Waals surface area contributed by atoms with Crippen molar-refractivity contribution in [2.45, 2.75) is 11.1 Å². The molecule has 2 N–H and O–H groups in total. The van der Waals surface area contributed by atoms with Gasteiger partial charge in [-0.3, -0.25) is 9.59 Å². The van der Waals surface area contributed by atoms with E-state index in [4.69, 9.17) is 4.74 Å². The van der Waals surface area contributed by atoms with Crippen molar-refractivity contribution in [2.75, 3.05) is 39.4 Å². The Kier molecular flexibility index (Phi) is 6.78. The van der Waals surface area contributed by atoms with Crippen LogP contribution >= 0.6 is 0 Å². The lowest BCUT2D eigenvalue weighted by Gasteiger charge is -2.26. The molecule has 0 aromatic heterocycles. The summed E-state index contributed by atoms with van der Waals surface area (Å²) >= 11 is 0. The van der Waals surface area contributed by atoms with Crippen molar-refractivity contribution < 1.29 is 35.9 Å². The molecular weight excluding hydrogens is 391 g/mol. The summed E-state index contributed by atoms with van der Waals surface area (Å²) in [5.41, 5.74) is -1.33. The summed E-state index contributed by atoms with van der Waals surface area (Å²) in [6.45, 7) is 0.395. The zero-order valence-corrected chi connectivity index (χ0v) is 14.9. The van der Waals surface area contributed by atoms with Crippen LogP contribution in [0.2, 0.25) is 0 Å². The fourth-order valence-corrected chi connectivity index (χ4v) is 3.54. The maximum Gasteiger partial charge on any atom is 0.417 e. The second-order valence-electron chi connectivity index (χ2n) is 5.59. The predicted octanol–water partition coefficient (Wildman–Crippen LogP) is -0.0413. The van der Waals surface area contributed by atoms with E-state index in [1.54, 1.807) is 4.72 Å². The molecule has 1 aliphatic rings. The Balaban J connectivity index is 1.91. The van der Waals surface area contributed by atoms with E-state index in [0.29, 0.717) is 32.4 Å². The molecule has 0 radical (unpaired) electrons. The Morgan fingerprint density at radius 3 is 2.37 bits per heavy atom. The van der Waals surface area contributed by atoms with Gasteiger partial charge in [0.2, 0.25) is 21.8 Å². The smallest absolute Gasteiger partial charge is 0.378 e. The molecule has 1 aromatic carbocycles. The van der Waals surface area contributed by atoms with Crippen LogP contribution in [0.4, 0.5) is 13.2 Å². The first kappa shape index (κ1) is 21.1. The number of morpholine rings is 1. The molecule has 0 aliphatic carbocycles. The van der Waals surface area contributed by atoms with Crippen LogP contribution < -0.4 is 10.0 Å². The average Bonchev–Trinajstić information content (AvgIpc) is 2.64. The summed E-state index contributed by atoms with van der Waals surface area (Å²) in [6.07, 6.45) is -4.86. The van der Waals surface area contributed by atoms with Crippen molar-refractivity contribution >= 4 is 21.8 Å². The molecule has 12 heteroatoms. The summed E-state index contributed by atoms with van der Waals surface area (Å²) in [6, 6.07) is 3.64. The lowest BCUT2D eigenvalue weighted by Crippen LogP contribution is -2.47. The minimum absolute atomic E-state index is 0.348. The molecule has 1 aliphatic heterocycles. The average molecular weight is 409 g/mol. The second kappa shape index (κ2) is 8.67. The molecule has 0 spiro atoms. The highest BCUT2D eigenvalue weighted by Gasteiger charge is 2.36. The number of nitrogens with zero attached hydrogens (tertiary/aromatic N) is 1. The zero-order valence-electron chi connectivity index (χ0n) is 14.1. The number of carbonyl (C=O) groups is 2. The summed E-state index contributed by atoms with van der Waals surface area (Å²) in [4.78, 5) is 24.1. The van der Waals surface area contributed by atoms with Crippen molar-refractivity contribution in [1.29, 1.82) is 0 Å². The van der Waals surface area contributed by atoms with Gasteiger partial charge >= 0.3 is 6.18 Å². The van der Waals surface area contributed by atoms with E-state index < -0.39 is 39.1 Å². The van der Waals surface area contributed by atoms with Crippen LogP contribution in [0.3, 0.4) is 0 Å². The molecule has 0 bridgehead atoms. The third-order valence-corrected chi connectivity index (χ3v) is 5.16. The van der Waals surface area contributed by atoms with E-state index >= 15 is 0 Å². The zero-order chi connectivity index (χ0) is 20.1. The van der Waals surface area contributed by atoms with Crippen LogP contribution in [0.15, 0.2) is 29.2 Å². The predicted molar refractivity (Wildman–Crippen MR) is 87.0 cm³/mol. The molecule has 0 atom stereocenters. The first-order chi connectivity index (χ1) is 12.6. The quantitative estimate of drug-likeness (QED) is 0.686. The van der Waals surface area contributed by atoms with Gasteiger partial charge < -0.3 is 15.0 Å². The largest absolute Gasteiger partial charge is 0.417 e. The van der Waals surface area contributed by atoms with E-state index in [2.05, 4.69) is 5.32 Å². The highest BCUT2D eigenvalue weighted by Crippen LogP contribution is 2.33.